The van der Waals surface area contributed by atoms with E-state index < -0.39 is 6.36 Å². The van der Waals surface area contributed by atoms with E-state index in [1.54, 1.807) is 18.2 Å². The molecule has 3 aliphatic carbocycles. The number of benzene rings is 8. The summed E-state index contributed by atoms with van der Waals surface area (Å²) in [5.41, 5.74) is 13.8. The number of hydrogen-bond donors (Lipinski definition) is 0. The lowest BCUT2D eigenvalue weighted by molar-refractivity contribution is -0.274. The average Bonchev–Trinajstić information content (AvgIpc) is 1.79. The zero-order valence-electron chi connectivity index (χ0n) is 64.3. The molecule has 3 fully saturated rings. The number of alkyl halides is 3. The maximum atomic E-state index is 12.8. The van der Waals surface area contributed by atoms with Gasteiger partial charge in [-0.3, -0.25) is 0 Å². The van der Waals surface area contributed by atoms with Crippen molar-refractivity contribution < 1.29 is 22.3 Å². The Morgan fingerprint density at radius 2 is 0.771 bits per heavy atom. The molecule has 1 nitrogen and oxygen atoms in total. The fourth-order valence-electron chi connectivity index (χ4n) is 10.4. The summed E-state index contributed by atoms with van der Waals surface area (Å²) in [7, 11) is 0. The van der Waals surface area contributed by atoms with Gasteiger partial charge in [0, 0.05) is 0 Å². The first-order valence-corrected chi connectivity index (χ1v) is 36.4. The van der Waals surface area contributed by atoms with Crippen molar-refractivity contribution in [1.82, 2.24) is 0 Å². The monoisotopic (exact) mass is 1320 g/mol. The molecule has 0 aliphatic heterocycles. The molecule has 0 saturated heterocycles. The van der Waals surface area contributed by atoms with Crippen molar-refractivity contribution in [1.29, 1.82) is 0 Å². The molecule has 3 aliphatic rings. The lowest BCUT2D eigenvalue weighted by Gasteiger charge is -2.10. The van der Waals surface area contributed by atoms with E-state index in [4.69, 9.17) is 0 Å². The van der Waals surface area contributed by atoms with Crippen LogP contribution in [-0.2, 0) is 0 Å². The maximum Gasteiger partial charge on any atom is 0.573 e. The van der Waals surface area contributed by atoms with E-state index in [-0.39, 0.29) is 17.5 Å². The number of hydrogen-bond acceptors (Lipinski definition) is 1. The van der Waals surface area contributed by atoms with Gasteiger partial charge < -0.3 is 4.74 Å². The highest BCUT2D eigenvalue weighted by Gasteiger charge is 2.39. The average molecular weight is 1320 g/mol. The van der Waals surface area contributed by atoms with Crippen LogP contribution in [0.5, 0.6) is 5.75 Å². The quantitative estimate of drug-likeness (QED) is 0.111. The smallest absolute Gasteiger partial charge is 0.406 e. The van der Waals surface area contributed by atoms with Crippen molar-refractivity contribution in [2.75, 3.05) is 0 Å². The second-order valence-electron chi connectivity index (χ2n) is 30.3. The highest BCUT2D eigenvalue weighted by atomic mass is 19.4. The molecule has 8 aromatic carbocycles. The number of rotatable bonds is 12. The van der Waals surface area contributed by atoms with Crippen LogP contribution in [-0.4, -0.2) is 6.36 Å². The van der Waals surface area contributed by atoms with Gasteiger partial charge in [-0.15, -0.1) is 13.2 Å². The molecule has 0 bridgehead atoms. The lowest BCUT2D eigenvalue weighted by Crippen LogP contribution is -2.17. The van der Waals surface area contributed by atoms with Crippen molar-refractivity contribution in [2.24, 2.45) is 35.0 Å². The zero-order valence-corrected chi connectivity index (χ0v) is 64.3. The molecule has 0 aromatic heterocycles. The Kier molecular flexibility index (Phi) is 39.7. The van der Waals surface area contributed by atoms with Crippen LogP contribution in [0.2, 0.25) is 0 Å². The second-order valence-corrected chi connectivity index (χ2v) is 30.3. The largest absolute Gasteiger partial charge is 0.573 e. The predicted molar refractivity (Wildman–Crippen MR) is 414 cm³/mol. The Bertz CT molecular complexity index is 3160. The molecule has 96 heavy (non-hydrogen) atoms. The molecular weight excluding hydrogens is 1180 g/mol. The second kappa shape index (κ2) is 44.5. The normalized spacial score (nSPS) is 13.3. The van der Waals surface area contributed by atoms with Gasteiger partial charge in [0.15, 0.2) is 0 Å². The summed E-state index contributed by atoms with van der Waals surface area (Å²) in [4.78, 5) is 0. The van der Waals surface area contributed by atoms with E-state index in [0.29, 0.717) is 35.5 Å². The van der Waals surface area contributed by atoms with Crippen molar-refractivity contribution in [3.05, 3.63) is 256 Å². The van der Waals surface area contributed by atoms with E-state index in [9.17, 15) is 17.6 Å². The highest BCUT2D eigenvalue weighted by Crippen LogP contribution is 2.51. The molecule has 0 amide bonds. The Morgan fingerprint density at radius 1 is 0.396 bits per heavy atom. The van der Waals surface area contributed by atoms with Crippen molar-refractivity contribution in [3.8, 4) is 5.75 Å². The summed E-state index contributed by atoms with van der Waals surface area (Å²) in [6, 6.07) is 64.3. The molecule has 0 spiro atoms. The van der Waals surface area contributed by atoms with E-state index in [1.807, 2.05) is 45.9 Å². The number of fused-ring (bicyclic) bond motifs is 1. The van der Waals surface area contributed by atoms with E-state index >= 15 is 0 Å². The Morgan fingerprint density at radius 3 is 1.06 bits per heavy atom. The van der Waals surface area contributed by atoms with Crippen LogP contribution in [0.4, 0.5) is 17.6 Å². The Labute approximate surface area is 585 Å². The van der Waals surface area contributed by atoms with E-state index in [1.165, 1.54) is 118 Å². The van der Waals surface area contributed by atoms with Crippen LogP contribution in [0, 0.1) is 61.6 Å². The van der Waals surface area contributed by atoms with Crippen LogP contribution in [0.25, 0.3) is 10.8 Å². The highest BCUT2D eigenvalue weighted by molar-refractivity contribution is 5.83. The molecule has 0 radical (unpaired) electrons. The standard InChI is InChI=1S/C13H14.C10H11F3O.3C10H14.C9H11F.C9H12.2C7H14.C6H12/c1-10(2)12-8-7-11-5-3-4-6-13(11)9-12;1-7(2)8-3-5-9(6-4-8)14-10(11,12)13;1-8(2)10-6-4-9(3)5-7-10;2*1-8(2)10-7-5-4-6-9(10)3;1-7(2)8-5-3-4-6-9(8)10;1-8(2)9-6-4-3-5-7-9;1-6(2)7(3)4-5-7;1-6(2)5-7-3-4-7;1-5(2)6-3-4-6/h3-10H,1-2H3;3-7H,1-2H3;3*4-8H,1-3H3;3-7H,1-2H3;3-8H,1-2H3;6H,4-5H2,1-3H3;6-7H,3-5H2,1-2H3;5-6H,3-4H2,1-2H3. The SMILES string of the molecule is CC(C)C1(C)CC1.CC(C)C1CC1.CC(C)CC1CC1.CC(C)c1ccc(OC(F)(F)F)cc1.CC(C)c1ccc2ccccc2c1.CC(C)c1ccccc1.CC(C)c1ccccc1F.Cc1ccc(C(C)C)cc1.Cc1ccccc1C(C)C.Cc1ccccc1C(C)C. The summed E-state index contributed by atoms with van der Waals surface area (Å²) in [6.45, 7) is 52.7. The number of aryl methyl sites for hydroxylation is 3. The first kappa shape index (κ1) is 85.6. The summed E-state index contributed by atoms with van der Waals surface area (Å²) in [5.74, 6) is 8.57. The molecular formula is C91H130F4O. The third-order valence-electron chi connectivity index (χ3n) is 18.1. The molecule has 8 aromatic rings. The van der Waals surface area contributed by atoms with Gasteiger partial charge in [-0.05, 0) is 208 Å². The topological polar surface area (TPSA) is 9.23 Å². The van der Waals surface area contributed by atoms with E-state index in [2.05, 4.69) is 283 Å². The summed E-state index contributed by atoms with van der Waals surface area (Å²) in [6.07, 6.45) is 5.81. The molecule has 3 saturated carbocycles. The Balaban J connectivity index is 0.000000366. The van der Waals surface area contributed by atoms with Gasteiger partial charge in [-0.1, -0.05) is 340 Å². The summed E-state index contributed by atoms with van der Waals surface area (Å²) < 4.78 is 51.9. The molecule has 0 N–H and O–H groups in total. The molecule has 5 heteroatoms. The zero-order chi connectivity index (χ0) is 72.3. The van der Waals surface area contributed by atoms with Crippen molar-refractivity contribution >= 4 is 10.8 Å². The van der Waals surface area contributed by atoms with E-state index in [0.717, 1.165) is 46.1 Å². The van der Waals surface area contributed by atoms with Crippen LogP contribution < -0.4 is 4.74 Å². The number of ether oxygens (including phenoxy) is 1. The van der Waals surface area contributed by atoms with Gasteiger partial charge in [-0.2, -0.15) is 0 Å². The summed E-state index contributed by atoms with van der Waals surface area (Å²) >= 11 is 0. The molecule has 528 valence electrons. The first-order chi connectivity index (χ1) is 45.0. The third-order valence-corrected chi connectivity index (χ3v) is 18.1. The van der Waals surface area contributed by atoms with Crippen LogP contribution in [0.1, 0.15) is 287 Å². The van der Waals surface area contributed by atoms with Crippen LogP contribution >= 0.6 is 0 Å². The van der Waals surface area contributed by atoms with Gasteiger partial charge in [0.25, 0.3) is 0 Å². The van der Waals surface area contributed by atoms with Crippen LogP contribution in [0.15, 0.2) is 194 Å². The lowest BCUT2D eigenvalue weighted by atomic mass is 9.95. The van der Waals surface area contributed by atoms with Gasteiger partial charge in [-0.25, -0.2) is 4.39 Å². The summed E-state index contributed by atoms with van der Waals surface area (Å²) in [5, 5.41) is 2.67. The number of halogens is 4. The van der Waals surface area contributed by atoms with Gasteiger partial charge in [0.1, 0.15) is 11.6 Å². The predicted octanol–water partition coefficient (Wildman–Crippen LogP) is 29.7. The minimum atomic E-state index is -4.61. The minimum Gasteiger partial charge on any atom is -0.406 e. The van der Waals surface area contributed by atoms with Crippen LogP contribution in [0.3, 0.4) is 0 Å². The molecule has 11 rings (SSSR count). The van der Waals surface area contributed by atoms with Gasteiger partial charge in [0.2, 0.25) is 0 Å². The van der Waals surface area contributed by atoms with Gasteiger partial charge >= 0.3 is 6.36 Å². The Hall–Kier alpha value is -6.46. The maximum absolute atomic E-state index is 12.8. The van der Waals surface area contributed by atoms with Crippen molar-refractivity contribution in [3.63, 3.8) is 0 Å². The fourth-order valence-corrected chi connectivity index (χ4v) is 10.4. The molecule has 0 atom stereocenters. The fraction of sp³-hybridized carbons (Fsp3) is 0.495. The molecule has 0 heterocycles. The first-order valence-electron chi connectivity index (χ1n) is 36.4. The third kappa shape index (κ3) is 37.3. The van der Waals surface area contributed by atoms with Crippen molar-refractivity contribution in [2.45, 2.75) is 259 Å². The van der Waals surface area contributed by atoms with Gasteiger partial charge in [0.05, 0.1) is 0 Å². The minimum absolute atomic E-state index is 0.0995. The molecule has 0 unspecified atom stereocenters.